The van der Waals surface area contributed by atoms with E-state index in [4.69, 9.17) is 4.74 Å². The topological polar surface area (TPSA) is 55.4 Å². The van der Waals surface area contributed by atoms with Crippen molar-refractivity contribution >= 4 is 12.4 Å². The van der Waals surface area contributed by atoms with Crippen LogP contribution in [0.3, 0.4) is 0 Å². The molecule has 0 aromatic heterocycles. The fourth-order valence-electron chi connectivity index (χ4n) is 2.03. The number of rotatable bonds is 3. The second-order valence-corrected chi connectivity index (χ2v) is 5.89. The summed E-state index contributed by atoms with van der Waals surface area (Å²) in [4.78, 5) is 22.0. The molecule has 0 bridgehead atoms. The second-order valence-electron chi connectivity index (χ2n) is 5.89. The molecule has 1 amide bonds. The Hall–Kier alpha value is -1.06. The molecule has 1 fully saturated rings. The molecule has 1 saturated carbocycles. The highest BCUT2D eigenvalue weighted by Crippen LogP contribution is 2.27. The zero-order valence-electron chi connectivity index (χ0n) is 11.0. The van der Waals surface area contributed by atoms with Gasteiger partial charge in [-0.25, -0.2) is 4.79 Å². The number of ether oxygens (including phenoxy) is 1. The summed E-state index contributed by atoms with van der Waals surface area (Å²) in [6.07, 6.45) is 4.51. The van der Waals surface area contributed by atoms with Gasteiger partial charge in [-0.15, -0.1) is 0 Å². The van der Waals surface area contributed by atoms with Gasteiger partial charge in [0, 0.05) is 11.5 Å². The van der Waals surface area contributed by atoms with Gasteiger partial charge in [-0.1, -0.05) is 0 Å². The molecule has 4 heteroatoms. The molecule has 0 spiro atoms. The summed E-state index contributed by atoms with van der Waals surface area (Å²) in [5.41, 5.74) is -0.258. The molecular formula is C13H23NO3. The third-order valence-electron chi connectivity index (χ3n) is 3.01. The van der Waals surface area contributed by atoms with Gasteiger partial charge in [0.2, 0.25) is 0 Å². The molecule has 0 unspecified atom stereocenters. The van der Waals surface area contributed by atoms with E-state index in [1.807, 2.05) is 20.8 Å². The van der Waals surface area contributed by atoms with E-state index in [1.54, 1.807) is 0 Å². The summed E-state index contributed by atoms with van der Waals surface area (Å²) >= 11 is 0. The van der Waals surface area contributed by atoms with Gasteiger partial charge in [-0.05, 0) is 52.4 Å². The van der Waals surface area contributed by atoms with Crippen LogP contribution >= 0.6 is 0 Å². The molecule has 1 rings (SSSR count). The SMILES string of the molecule is CC(C)(C)NC(=O)OCC1CCC(C=O)CC1. The first-order chi connectivity index (χ1) is 7.90. The van der Waals surface area contributed by atoms with Gasteiger partial charge in [-0.2, -0.15) is 0 Å². The van der Waals surface area contributed by atoms with Gasteiger partial charge in [0.25, 0.3) is 0 Å². The molecule has 1 aliphatic rings. The third-order valence-corrected chi connectivity index (χ3v) is 3.01. The van der Waals surface area contributed by atoms with Gasteiger partial charge in [0.15, 0.2) is 0 Å². The predicted molar refractivity (Wildman–Crippen MR) is 65.7 cm³/mol. The van der Waals surface area contributed by atoms with Crippen LogP contribution in [0.5, 0.6) is 0 Å². The Bertz CT molecular complexity index is 262. The van der Waals surface area contributed by atoms with Crippen LogP contribution in [-0.2, 0) is 9.53 Å². The summed E-state index contributed by atoms with van der Waals surface area (Å²) in [5, 5.41) is 2.76. The first-order valence-corrected chi connectivity index (χ1v) is 6.31. The zero-order valence-corrected chi connectivity index (χ0v) is 11.0. The summed E-state index contributed by atoms with van der Waals surface area (Å²) < 4.78 is 5.19. The number of hydrogen-bond donors (Lipinski definition) is 1. The standard InChI is InChI=1S/C13H23NO3/c1-13(2,3)14-12(16)17-9-11-6-4-10(8-15)5-7-11/h8,10-11H,4-7,9H2,1-3H3,(H,14,16). The van der Waals surface area contributed by atoms with Crippen molar-refractivity contribution in [2.45, 2.75) is 52.0 Å². The van der Waals surface area contributed by atoms with Crippen molar-refractivity contribution in [3.05, 3.63) is 0 Å². The Balaban J connectivity index is 2.19. The van der Waals surface area contributed by atoms with Crippen molar-refractivity contribution in [2.75, 3.05) is 6.61 Å². The molecule has 0 aromatic rings. The number of amides is 1. The van der Waals surface area contributed by atoms with Crippen LogP contribution in [0.4, 0.5) is 4.79 Å². The van der Waals surface area contributed by atoms with Crippen molar-refractivity contribution < 1.29 is 14.3 Å². The number of hydrogen-bond acceptors (Lipinski definition) is 3. The number of carbonyl (C=O) groups excluding carboxylic acids is 2. The van der Waals surface area contributed by atoms with E-state index in [0.717, 1.165) is 32.0 Å². The molecule has 98 valence electrons. The maximum atomic E-state index is 11.4. The molecule has 1 aliphatic carbocycles. The molecule has 17 heavy (non-hydrogen) atoms. The minimum absolute atomic E-state index is 0.217. The monoisotopic (exact) mass is 241 g/mol. The summed E-state index contributed by atoms with van der Waals surface area (Å²) in [7, 11) is 0. The van der Waals surface area contributed by atoms with E-state index >= 15 is 0 Å². The highest BCUT2D eigenvalue weighted by Gasteiger charge is 2.22. The van der Waals surface area contributed by atoms with Crippen LogP contribution in [-0.4, -0.2) is 24.5 Å². The first kappa shape index (κ1) is 14.0. The number of alkyl carbamates (subject to hydrolysis) is 1. The van der Waals surface area contributed by atoms with Crippen LogP contribution in [0.2, 0.25) is 0 Å². The largest absolute Gasteiger partial charge is 0.449 e. The molecule has 1 N–H and O–H groups in total. The molecule has 0 heterocycles. The van der Waals surface area contributed by atoms with E-state index in [2.05, 4.69) is 5.32 Å². The lowest BCUT2D eigenvalue weighted by molar-refractivity contribution is -0.112. The zero-order chi connectivity index (χ0) is 12.9. The maximum Gasteiger partial charge on any atom is 0.407 e. The lowest BCUT2D eigenvalue weighted by atomic mass is 9.83. The molecule has 0 aromatic carbocycles. The number of carbonyl (C=O) groups is 2. The maximum absolute atomic E-state index is 11.4. The van der Waals surface area contributed by atoms with E-state index < -0.39 is 0 Å². The van der Waals surface area contributed by atoms with Gasteiger partial charge < -0.3 is 14.8 Å². The predicted octanol–water partition coefficient (Wildman–Crippen LogP) is 2.52. The molecule has 0 atom stereocenters. The third kappa shape index (κ3) is 5.71. The smallest absolute Gasteiger partial charge is 0.407 e. The van der Waals surface area contributed by atoms with E-state index in [-0.39, 0.29) is 17.6 Å². The highest BCUT2D eigenvalue weighted by atomic mass is 16.5. The fourth-order valence-corrected chi connectivity index (χ4v) is 2.03. The van der Waals surface area contributed by atoms with Crippen molar-refractivity contribution in [1.29, 1.82) is 0 Å². The van der Waals surface area contributed by atoms with Crippen LogP contribution in [0.15, 0.2) is 0 Å². The quantitative estimate of drug-likeness (QED) is 0.772. The van der Waals surface area contributed by atoms with Gasteiger partial charge in [0.05, 0.1) is 6.61 Å². The molecule has 0 aliphatic heterocycles. The lowest BCUT2D eigenvalue weighted by Gasteiger charge is -2.26. The normalized spacial score (nSPS) is 25.1. The van der Waals surface area contributed by atoms with Gasteiger partial charge in [0.1, 0.15) is 6.29 Å². The summed E-state index contributed by atoms with van der Waals surface area (Å²) in [6.45, 7) is 6.23. The highest BCUT2D eigenvalue weighted by molar-refractivity contribution is 5.68. The Morgan fingerprint density at radius 2 is 1.88 bits per heavy atom. The van der Waals surface area contributed by atoms with E-state index in [9.17, 15) is 9.59 Å². The van der Waals surface area contributed by atoms with Crippen LogP contribution in [0.25, 0.3) is 0 Å². The average molecular weight is 241 g/mol. The van der Waals surface area contributed by atoms with Crippen LogP contribution in [0.1, 0.15) is 46.5 Å². The minimum atomic E-state index is -0.352. The van der Waals surface area contributed by atoms with Crippen molar-refractivity contribution in [3.8, 4) is 0 Å². The molecular weight excluding hydrogens is 218 g/mol. The van der Waals surface area contributed by atoms with Crippen molar-refractivity contribution in [1.82, 2.24) is 5.32 Å². The molecule has 4 nitrogen and oxygen atoms in total. The lowest BCUT2D eigenvalue weighted by Crippen LogP contribution is -2.41. The number of nitrogens with one attached hydrogen (secondary N) is 1. The van der Waals surface area contributed by atoms with Gasteiger partial charge >= 0.3 is 6.09 Å². The average Bonchev–Trinajstić information content (AvgIpc) is 2.25. The number of aldehydes is 1. The minimum Gasteiger partial charge on any atom is -0.449 e. The Morgan fingerprint density at radius 3 is 2.35 bits per heavy atom. The van der Waals surface area contributed by atoms with E-state index in [1.165, 1.54) is 0 Å². The van der Waals surface area contributed by atoms with Crippen molar-refractivity contribution in [3.63, 3.8) is 0 Å². The Labute approximate surface area is 103 Å². The fraction of sp³-hybridized carbons (Fsp3) is 0.846. The molecule has 0 saturated heterocycles. The summed E-state index contributed by atoms with van der Waals surface area (Å²) in [5.74, 6) is 0.631. The first-order valence-electron chi connectivity index (χ1n) is 6.31. The summed E-state index contributed by atoms with van der Waals surface area (Å²) in [6, 6.07) is 0. The Morgan fingerprint density at radius 1 is 1.29 bits per heavy atom. The molecule has 0 radical (unpaired) electrons. The Kier molecular flexibility index (Phi) is 4.97. The second kappa shape index (κ2) is 6.03. The van der Waals surface area contributed by atoms with Crippen LogP contribution < -0.4 is 5.32 Å². The van der Waals surface area contributed by atoms with E-state index in [0.29, 0.717) is 12.5 Å². The van der Waals surface area contributed by atoms with Crippen molar-refractivity contribution in [2.24, 2.45) is 11.8 Å². The van der Waals surface area contributed by atoms with Gasteiger partial charge in [-0.3, -0.25) is 0 Å². The van der Waals surface area contributed by atoms with Crippen LogP contribution in [0, 0.1) is 11.8 Å².